The van der Waals surface area contributed by atoms with E-state index in [0.717, 1.165) is 16.6 Å². The minimum Gasteiger partial charge on any atom is -0.486 e. The van der Waals surface area contributed by atoms with Crippen molar-refractivity contribution in [3.8, 4) is 5.75 Å². The van der Waals surface area contributed by atoms with Gasteiger partial charge in [0.2, 0.25) is 0 Å². The zero-order chi connectivity index (χ0) is 13.3. The maximum Gasteiger partial charge on any atom is 0.492 e. The molecule has 0 saturated heterocycles. The molecule has 0 saturated carbocycles. The van der Waals surface area contributed by atoms with E-state index in [9.17, 15) is 9.82 Å². The van der Waals surface area contributed by atoms with Crippen molar-refractivity contribution in [2.45, 2.75) is 33.3 Å². The van der Waals surface area contributed by atoms with Crippen LogP contribution in [0.25, 0.3) is 0 Å². The lowest BCUT2D eigenvalue weighted by atomic mass is 9.73. The summed E-state index contributed by atoms with van der Waals surface area (Å²) in [5.74, 6) is 0.823. The van der Waals surface area contributed by atoms with Crippen molar-refractivity contribution in [1.29, 1.82) is 0 Å². The second-order valence-electron chi connectivity index (χ2n) is 4.86. The fraction of sp³-hybridized carbons (Fsp3) is 0.462. The van der Waals surface area contributed by atoms with Crippen molar-refractivity contribution in [1.82, 2.24) is 0 Å². The lowest BCUT2D eigenvalue weighted by Gasteiger charge is -2.17. The molecule has 1 aliphatic heterocycles. The first-order valence-corrected chi connectivity index (χ1v) is 6.08. The van der Waals surface area contributed by atoms with Gasteiger partial charge in [-0.3, -0.25) is 4.79 Å². The van der Waals surface area contributed by atoms with E-state index in [2.05, 4.69) is 0 Å². The third-order valence-electron chi connectivity index (χ3n) is 2.99. The van der Waals surface area contributed by atoms with E-state index in [1.54, 1.807) is 0 Å². The van der Waals surface area contributed by atoms with Gasteiger partial charge >= 0.3 is 7.12 Å². The van der Waals surface area contributed by atoms with Crippen molar-refractivity contribution in [3.05, 3.63) is 23.3 Å². The molecular formula is C13H17BO4. The van der Waals surface area contributed by atoms with E-state index in [0.29, 0.717) is 12.4 Å². The average molecular weight is 248 g/mol. The van der Waals surface area contributed by atoms with E-state index in [1.807, 2.05) is 26.0 Å². The van der Waals surface area contributed by atoms with Crippen molar-refractivity contribution >= 4 is 18.4 Å². The van der Waals surface area contributed by atoms with Crippen LogP contribution >= 0.6 is 0 Å². The van der Waals surface area contributed by atoms with Gasteiger partial charge in [-0.05, 0) is 35.5 Å². The Morgan fingerprint density at radius 2 is 2.28 bits per heavy atom. The van der Waals surface area contributed by atoms with Gasteiger partial charge in [0.25, 0.3) is 0 Å². The molecule has 0 fully saturated rings. The number of carbonyl (C=O) groups is 1. The lowest BCUT2D eigenvalue weighted by molar-refractivity contribution is -0.118. The Morgan fingerprint density at radius 3 is 2.89 bits per heavy atom. The van der Waals surface area contributed by atoms with Crippen LogP contribution in [0.3, 0.4) is 0 Å². The Kier molecular flexibility index (Phi) is 3.73. The summed E-state index contributed by atoms with van der Waals surface area (Å²) in [5.41, 5.74) is 2.71. The van der Waals surface area contributed by atoms with Gasteiger partial charge in [-0.25, -0.2) is 0 Å². The van der Waals surface area contributed by atoms with Crippen LogP contribution in [0.15, 0.2) is 12.1 Å². The number of carbonyl (C=O) groups excluding carboxylic acids is 1. The number of ketones is 1. The van der Waals surface area contributed by atoms with E-state index in [4.69, 9.17) is 9.39 Å². The van der Waals surface area contributed by atoms with Crippen molar-refractivity contribution in [2.75, 3.05) is 6.61 Å². The van der Waals surface area contributed by atoms with Crippen LogP contribution in [-0.2, 0) is 16.1 Å². The molecule has 1 aromatic rings. The minimum atomic E-state index is -0.890. The fourth-order valence-corrected chi connectivity index (χ4v) is 2.23. The Labute approximate surface area is 107 Å². The van der Waals surface area contributed by atoms with Gasteiger partial charge in [0.1, 0.15) is 12.4 Å². The summed E-state index contributed by atoms with van der Waals surface area (Å²) in [6, 6.07) is 3.73. The first-order valence-electron chi connectivity index (χ1n) is 6.08. The Hall–Kier alpha value is -1.33. The quantitative estimate of drug-likeness (QED) is 0.807. The molecule has 0 aromatic heterocycles. The summed E-state index contributed by atoms with van der Waals surface area (Å²) < 4.78 is 10.7. The summed E-state index contributed by atoms with van der Waals surface area (Å²) in [7, 11) is -0.890. The number of ether oxygens (including phenoxy) is 1. The van der Waals surface area contributed by atoms with Gasteiger partial charge < -0.3 is 14.4 Å². The van der Waals surface area contributed by atoms with Crippen LogP contribution in [0.4, 0.5) is 0 Å². The third-order valence-corrected chi connectivity index (χ3v) is 2.99. The van der Waals surface area contributed by atoms with Crippen LogP contribution in [0.1, 0.15) is 37.8 Å². The summed E-state index contributed by atoms with van der Waals surface area (Å²) in [6.07, 6.45) is 0. The molecule has 96 valence electrons. The molecule has 1 heterocycles. The molecule has 2 rings (SSSR count). The normalized spacial score (nSPS) is 13.9. The molecule has 0 aliphatic carbocycles. The smallest absolute Gasteiger partial charge is 0.486 e. The first-order chi connectivity index (χ1) is 8.50. The highest BCUT2D eigenvalue weighted by Crippen LogP contribution is 2.28. The number of hydrogen-bond acceptors (Lipinski definition) is 4. The topological polar surface area (TPSA) is 55.8 Å². The Bertz CT molecular complexity index is 470. The van der Waals surface area contributed by atoms with Gasteiger partial charge in [-0.15, -0.1) is 0 Å². The van der Waals surface area contributed by atoms with Gasteiger partial charge in [0, 0.05) is 0 Å². The molecule has 4 nitrogen and oxygen atoms in total. The van der Waals surface area contributed by atoms with Crippen LogP contribution in [-0.4, -0.2) is 24.5 Å². The molecule has 1 N–H and O–H groups in total. The van der Waals surface area contributed by atoms with E-state index < -0.39 is 7.12 Å². The van der Waals surface area contributed by atoms with Crippen LogP contribution in [0.5, 0.6) is 5.75 Å². The van der Waals surface area contributed by atoms with Crippen LogP contribution < -0.4 is 10.2 Å². The van der Waals surface area contributed by atoms with Gasteiger partial charge in [-0.2, -0.15) is 0 Å². The molecule has 0 spiro atoms. The first kappa shape index (κ1) is 13.1. The standard InChI is InChI=1S/C13H17BO4/c1-8(2)12-11(17-6-9(3)15)5-4-10-7-18-14(16)13(10)12/h4-5,8,16H,6-7H2,1-3H3. The number of rotatable bonds is 4. The molecule has 1 aliphatic rings. The fourth-order valence-electron chi connectivity index (χ4n) is 2.23. The molecular weight excluding hydrogens is 231 g/mol. The van der Waals surface area contributed by atoms with Crippen LogP contribution in [0.2, 0.25) is 0 Å². The largest absolute Gasteiger partial charge is 0.492 e. The molecule has 0 unspecified atom stereocenters. The summed E-state index contributed by atoms with van der Waals surface area (Å²) in [5, 5.41) is 9.87. The number of Topliss-reactive ketones (excluding diaryl/α,β-unsaturated/α-hetero) is 1. The zero-order valence-corrected chi connectivity index (χ0v) is 10.9. The molecule has 0 radical (unpaired) electrons. The van der Waals surface area contributed by atoms with E-state index >= 15 is 0 Å². The second kappa shape index (κ2) is 5.12. The summed E-state index contributed by atoms with van der Waals surface area (Å²) in [4.78, 5) is 11.0. The number of fused-ring (bicyclic) bond motifs is 1. The highest BCUT2D eigenvalue weighted by atomic mass is 16.5. The van der Waals surface area contributed by atoms with Crippen molar-refractivity contribution in [2.24, 2.45) is 0 Å². The molecule has 0 bridgehead atoms. The molecule has 5 heteroatoms. The van der Waals surface area contributed by atoms with Crippen molar-refractivity contribution in [3.63, 3.8) is 0 Å². The highest BCUT2D eigenvalue weighted by molar-refractivity contribution is 6.62. The second-order valence-corrected chi connectivity index (χ2v) is 4.86. The molecule has 1 aromatic carbocycles. The van der Waals surface area contributed by atoms with Crippen molar-refractivity contribution < 1.29 is 19.2 Å². The number of benzene rings is 1. The predicted octanol–water partition coefficient (Wildman–Crippen LogP) is 0.995. The summed E-state index contributed by atoms with van der Waals surface area (Å²) >= 11 is 0. The van der Waals surface area contributed by atoms with Crippen LogP contribution in [0, 0.1) is 0 Å². The third kappa shape index (κ3) is 2.42. The Balaban J connectivity index is 2.41. The average Bonchev–Trinajstić information content (AvgIpc) is 2.67. The zero-order valence-electron chi connectivity index (χ0n) is 10.9. The molecule has 18 heavy (non-hydrogen) atoms. The Morgan fingerprint density at radius 1 is 1.56 bits per heavy atom. The summed E-state index contributed by atoms with van der Waals surface area (Å²) in [6.45, 7) is 6.02. The number of hydrogen-bond donors (Lipinski definition) is 1. The molecule has 0 amide bonds. The van der Waals surface area contributed by atoms with E-state index in [-0.39, 0.29) is 18.3 Å². The minimum absolute atomic E-state index is 0.0259. The SMILES string of the molecule is CC(=O)COc1ccc2c(c1C(C)C)B(O)OC2. The lowest BCUT2D eigenvalue weighted by Crippen LogP contribution is -2.32. The van der Waals surface area contributed by atoms with Gasteiger partial charge in [-0.1, -0.05) is 19.9 Å². The predicted molar refractivity (Wildman–Crippen MR) is 69.1 cm³/mol. The van der Waals surface area contributed by atoms with E-state index in [1.165, 1.54) is 6.92 Å². The monoisotopic (exact) mass is 248 g/mol. The maximum absolute atomic E-state index is 11.0. The molecule has 0 atom stereocenters. The van der Waals surface area contributed by atoms with Gasteiger partial charge in [0.05, 0.1) is 6.61 Å². The maximum atomic E-state index is 11.0. The highest BCUT2D eigenvalue weighted by Gasteiger charge is 2.32. The van der Waals surface area contributed by atoms with Gasteiger partial charge in [0.15, 0.2) is 5.78 Å².